The van der Waals surface area contributed by atoms with Gasteiger partial charge in [-0.05, 0) is 82.2 Å². The van der Waals surface area contributed by atoms with Crippen LogP contribution in [0.25, 0.3) is 33.4 Å². The quantitative estimate of drug-likeness (QED) is 0.227. The van der Waals surface area contributed by atoms with Crippen molar-refractivity contribution in [1.29, 1.82) is 0 Å². The van der Waals surface area contributed by atoms with Gasteiger partial charge in [0.2, 0.25) is 0 Å². The molecule has 0 aliphatic heterocycles. The molecule has 174 valence electrons. The van der Waals surface area contributed by atoms with E-state index in [0.29, 0.717) is 0 Å². The summed E-state index contributed by atoms with van der Waals surface area (Å²) in [5.74, 6) is 0. The van der Waals surface area contributed by atoms with Crippen molar-refractivity contribution in [3.05, 3.63) is 108 Å². The summed E-state index contributed by atoms with van der Waals surface area (Å²) in [5, 5.41) is 0. The molecule has 4 rings (SSSR count). The van der Waals surface area contributed by atoms with Gasteiger partial charge in [0.15, 0.2) is 0 Å². The molecule has 0 spiro atoms. The van der Waals surface area contributed by atoms with Gasteiger partial charge in [-0.25, -0.2) is 0 Å². The molecular formula is C34H38. The van der Waals surface area contributed by atoms with E-state index in [1.807, 2.05) is 0 Å². The zero-order chi connectivity index (χ0) is 23.8. The van der Waals surface area contributed by atoms with Crippen LogP contribution in [0.1, 0.15) is 63.1 Å². The van der Waals surface area contributed by atoms with Crippen molar-refractivity contribution < 1.29 is 0 Å². The molecule has 4 aromatic carbocycles. The summed E-state index contributed by atoms with van der Waals surface area (Å²) in [6.07, 6.45) is 8.39. The van der Waals surface area contributed by atoms with Gasteiger partial charge in [-0.2, -0.15) is 0 Å². The minimum absolute atomic E-state index is 1.03. The first kappa shape index (κ1) is 24.0. The highest BCUT2D eigenvalue weighted by Gasteiger charge is 2.08. The Hall–Kier alpha value is -3.12. The maximum absolute atomic E-state index is 2.37. The van der Waals surface area contributed by atoms with E-state index in [-0.39, 0.29) is 0 Å². The molecule has 0 radical (unpaired) electrons. The Morgan fingerprint density at radius 1 is 0.441 bits per heavy atom. The minimum Gasteiger partial charge on any atom is -0.0654 e. The van der Waals surface area contributed by atoms with Crippen molar-refractivity contribution in [2.24, 2.45) is 0 Å². The lowest BCUT2D eigenvalue weighted by atomic mass is 9.92. The number of unbranched alkanes of at least 4 members (excludes halogenated alkanes) is 2. The predicted octanol–water partition coefficient (Wildman–Crippen LogP) is 9.94. The third-order valence-electron chi connectivity index (χ3n) is 6.89. The van der Waals surface area contributed by atoms with Crippen LogP contribution in [0.5, 0.6) is 0 Å². The second-order valence-corrected chi connectivity index (χ2v) is 9.40. The van der Waals surface area contributed by atoms with Crippen LogP contribution in [-0.4, -0.2) is 0 Å². The van der Waals surface area contributed by atoms with Gasteiger partial charge in [0.1, 0.15) is 0 Å². The smallest absolute Gasteiger partial charge is 0.0152 e. The molecule has 0 fully saturated rings. The van der Waals surface area contributed by atoms with E-state index >= 15 is 0 Å². The fraction of sp³-hybridized carbons (Fsp3) is 0.294. The summed E-state index contributed by atoms with van der Waals surface area (Å²) >= 11 is 0. The summed E-state index contributed by atoms with van der Waals surface area (Å²) in [7, 11) is 0. The highest BCUT2D eigenvalue weighted by molar-refractivity contribution is 5.76. The molecule has 0 saturated carbocycles. The molecule has 0 heteroatoms. The Kier molecular flexibility index (Phi) is 8.36. The topological polar surface area (TPSA) is 0 Å². The molecule has 34 heavy (non-hydrogen) atoms. The fourth-order valence-corrected chi connectivity index (χ4v) is 4.68. The van der Waals surface area contributed by atoms with Crippen molar-refractivity contribution in [3.8, 4) is 33.4 Å². The van der Waals surface area contributed by atoms with Crippen LogP contribution in [0, 0.1) is 0 Å². The minimum atomic E-state index is 1.03. The summed E-state index contributed by atoms with van der Waals surface area (Å²) in [6.45, 7) is 6.76. The summed E-state index contributed by atoms with van der Waals surface area (Å²) in [6, 6.07) is 34.3. The standard InChI is InChI=1S/C34H38/c1-4-7-9-26-11-15-29(16-12-26)30-19-21-32(22-20-30)34-24-23-33(25-28(34)6-3)31-17-13-27(14-18-31)10-8-5-2/h11-25H,4-10H2,1-3H3. The summed E-state index contributed by atoms with van der Waals surface area (Å²) < 4.78 is 0. The first-order valence-electron chi connectivity index (χ1n) is 13.1. The van der Waals surface area contributed by atoms with E-state index in [1.165, 1.54) is 88.6 Å². The molecule has 0 amide bonds. The third kappa shape index (κ3) is 5.86. The number of rotatable bonds is 10. The Balaban J connectivity index is 1.52. The van der Waals surface area contributed by atoms with E-state index < -0.39 is 0 Å². The van der Waals surface area contributed by atoms with Crippen LogP contribution >= 0.6 is 0 Å². The van der Waals surface area contributed by atoms with Gasteiger partial charge in [-0.3, -0.25) is 0 Å². The lowest BCUT2D eigenvalue weighted by Gasteiger charge is -2.13. The number of hydrogen-bond donors (Lipinski definition) is 0. The molecular weight excluding hydrogens is 408 g/mol. The van der Waals surface area contributed by atoms with E-state index in [9.17, 15) is 0 Å². The van der Waals surface area contributed by atoms with E-state index in [4.69, 9.17) is 0 Å². The highest BCUT2D eigenvalue weighted by atomic mass is 14.1. The Morgan fingerprint density at radius 3 is 1.32 bits per heavy atom. The second kappa shape index (κ2) is 11.8. The summed E-state index contributed by atoms with van der Waals surface area (Å²) in [5.41, 5.74) is 12.1. The van der Waals surface area contributed by atoms with Gasteiger partial charge in [0.25, 0.3) is 0 Å². The Morgan fingerprint density at radius 2 is 0.853 bits per heavy atom. The Labute approximate surface area is 206 Å². The van der Waals surface area contributed by atoms with Crippen molar-refractivity contribution >= 4 is 0 Å². The molecule has 0 saturated heterocycles. The van der Waals surface area contributed by atoms with E-state index in [2.05, 4.69) is 112 Å². The molecule has 0 aliphatic rings. The predicted molar refractivity (Wildman–Crippen MR) is 149 cm³/mol. The normalized spacial score (nSPS) is 11.0. The van der Waals surface area contributed by atoms with Gasteiger partial charge < -0.3 is 0 Å². The van der Waals surface area contributed by atoms with Crippen LogP contribution in [0.15, 0.2) is 91.0 Å². The first-order chi connectivity index (χ1) is 16.7. The van der Waals surface area contributed by atoms with Crippen LogP contribution < -0.4 is 0 Å². The highest BCUT2D eigenvalue weighted by Crippen LogP contribution is 2.31. The fourth-order valence-electron chi connectivity index (χ4n) is 4.68. The van der Waals surface area contributed by atoms with Crippen LogP contribution in [0.4, 0.5) is 0 Å². The van der Waals surface area contributed by atoms with Crippen molar-refractivity contribution in [2.45, 2.75) is 65.7 Å². The molecule has 0 atom stereocenters. The number of hydrogen-bond acceptors (Lipinski definition) is 0. The Bertz CT molecular complexity index is 1160. The zero-order valence-corrected chi connectivity index (χ0v) is 21.1. The summed E-state index contributed by atoms with van der Waals surface area (Å²) in [4.78, 5) is 0. The molecule has 0 unspecified atom stereocenters. The first-order valence-corrected chi connectivity index (χ1v) is 13.1. The SMILES string of the molecule is CCCCc1ccc(-c2ccc(-c3ccc(-c4ccc(CCCC)cc4)cc3CC)cc2)cc1. The van der Waals surface area contributed by atoms with Crippen LogP contribution in [0.3, 0.4) is 0 Å². The molecule has 4 aromatic rings. The van der Waals surface area contributed by atoms with Gasteiger partial charge in [-0.15, -0.1) is 0 Å². The molecule has 0 aromatic heterocycles. The number of aryl methyl sites for hydroxylation is 3. The van der Waals surface area contributed by atoms with Crippen molar-refractivity contribution in [2.75, 3.05) is 0 Å². The lowest BCUT2D eigenvalue weighted by molar-refractivity contribution is 0.795. The molecule has 0 aliphatic carbocycles. The average molecular weight is 447 g/mol. The lowest BCUT2D eigenvalue weighted by Crippen LogP contribution is -1.91. The largest absolute Gasteiger partial charge is 0.0654 e. The van der Waals surface area contributed by atoms with Crippen LogP contribution in [-0.2, 0) is 19.3 Å². The van der Waals surface area contributed by atoms with E-state index in [0.717, 1.165) is 6.42 Å². The maximum atomic E-state index is 2.37. The zero-order valence-electron chi connectivity index (χ0n) is 21.1. The number of benzene rings is 4. The van der Waals surface area contributed by atoms with Crippen LogP contribution in [0.2, 0.25) is 0 Å². The molecule has 0 N–H and O–H groups in total. The maximum Gasteiger partial charge on any atom is -0.0152 e. The van der Waals surface area contributed by atoms with E-state index in [1.54, 1.807) is 0 Å². The third-order valence-corrected chi connectivity index (χ3v) is 6.89. The van der Waals surface area contributed by atoms with Gasteiger partial charge in [-0.1, -0.05) is 125 Å². The molecule has 0 heterocycles. The monoisotopic (exact) mass is 446 g/mol. The molecule has 0 bridgehead atoms. The van der Waals surface area contributed by atoms with Gasteiger partial charge in [0.05, 0.1) is 0 Å². The van der Waals surface area contributed by atoms with Crippen molar-refractivity contribution in [3.63, 3.8) is 0 Å². The molecule has 0 nitrogen and oxygen atoms in total. The van der Waals surface area contributed by atoms with Gasteiger partial charge >= 0.3 is 0 Å². The van der Waals surface area contributed by atoms with Crippen molar-refractivity contribution in [1.82, 2.24) is 0 Å². The van der Waals surface area contributed by atoms with Gasteiger partial charge in [0, 0.05) is 0 Å². The average Bonchev–Trinajstić information content (AvgIpc) is 2.91. The second-order valence-electron chi connectivity index (χ2n) is 9.40.